The van der Waals surface area contributed by atoms with E-state index < -0.39 is 32.1 Å². The van der Waals surface area contributed by atoms with Crippen LogP contribution in [0.2, 0.25) is 18.1 Å². The van der Waals surface area contributed by atoms with Crippen molar-refractivity contribution in [3.8, 4) is 0 Å². The summed E-state index contributed by atoms with van der Waals surface area (Å²) in [6.45, 7) is 15.6. The van der Waals surface area contributed by atoms with Crippen molar-refractivity contribution < 1.29 is 33.0 Å². The third-order valence-corrected chi connectivity index (χ3v) is 9.88. The molecule has 1 fully saturated rings. The van der Waals surface area contributed by atoms with Gasteiger partial charge in [0.25, 0.3) is 0 Å². The van der Waals surface area contributed by atoms with Crippen LogP contribution in [0.4, 0.5) is 0 Å². The molecule has 0 aromatic heterocycles. The Hall–Kier alpha value is -0.963. The van der Waals surface area contributed by atoms with E-state index in [1.54, 1.807) is 0 Å². The molecule has 0 aliphatic carbocycles. The lowest BCUT2D eigenvalue weighted by atomic mass is 9.96. The zero-order valence-corrected chi connectivity index (χ0v) is 18.5. The number of carbonyl (C=O) groups excluding carboxylic acids is 2. The molecule has 0 aromatic carbocycles. The predicted molar refractivity (Wildman–Crippen MR) is 99.1 cm³/mol. The van der Waals surface area contributed by atoms with Gasteiger partial charge in [-0.3, -0.25) is 9.59 Å². The second kappa shape index (κ2) is 8.37. The Morgan fingerprint density at radius 2 is 1.73 bits per heavy atom. The van der Waals surface area contributed by atoms with Crippen LogP contribution >= 0.6 is 0 Å². The smallest absolute Gasteiger partial charge is 0.303 e. The minimum Gasteiger partial charge on any atom is -0.460 e. The highest BCUT2D eigenvalue weighted by molar-refractivity contribution is 6.74. The SMILES string of the molecule is COC1(COC(C)=O)O[C@H](CO[Si](C)(C)C(C)(C)C)[C@@H](C)[C@@H]1OC(C)=O. The van der Waals surface area contributed by atoms with Crippen molar-refractivity contribution in [3.63, 3.8) is 0 Å². The van der Waals surface area contributed by atoms with Crippen LogP contribution in [0.25, 0.3) is 0 Å². The largest absolute Gasteiger partial charge is 0.460 e. The lowest BCUT2D eigenvalue weighted by molar-refractivity contribution is -0.269. The molecule has 4 atom stereocenters. The summed E-state index contributed by atoms with van der Waals surface area (Å²) in [4.78, 5) is 22.8. The summed E-state index contributed by atoms with van der Waals surface area (Å²) in [5, 5.41) is 0.0697. The summed E-state index contributed by atoms with van der Waals surface area (Å²) in [5.41, 5.74) is 0. The van der Waals surface area contributed by atoms with Gasteiger partial charge in [0.1, 0.15) is 6.61 Å². The molecule has 1 heterocycles. The van der Waals surface area contributed by atoms with Gasteiger partial charge in [-0.2, -0.15) is 0 Å². The van der Waals surface area contributed by atoms with E-state index in [2.05, 4.69) is 33.9 Å². The third-order valence-electron chi connectivity index (χ3n) is 5.38. The minimum atomic E-state index is -1.96. The molecule has 0 saturated carbocycles. The van der Waals surface area contributed by atoms with E-state index in [0.29, 0.717) is 6.61 Å². The summed E-state index contributed by atoms with van der Waals surface area (Å²) in [6, 6.07) is 0. The van der Waals surface area contributed by atoms with Crippen molar-refractivity contribution in [2.24, 2.45) is 5.92 Å². The van der Waals surface area contributed by atoms with Crippen molar-refractivity contribution in [1.29, 1.82) is 0 Å². The van der Waals surface area contributed by atoms with Crippen molar-refractivity contribution >= 4 is 20.3 Å². The van der Waals surface area contributed by atoms with E-state index in [4.69, 9.17) is 23.4 Å². The third kappa shape index (κ3) is 5.28. The number of rotatable bonds is 7. The molecule has 152 valence electrons. The number of methoxy groups -OCH3 is 1. The minimum absolute atomic E-state index is 0.0697. The Bertz CT molecular complexity index is 514. The zero-order valence-electron chi connectivity index (χ0n) is 17.5. The topological polar surface area (TPSA) is 80.3 Å². The van der Waals surface area contributed by atoms with E-state index >= 15 is 0 Å². The molecule has 1 aliphatic heterocycles. The maximum Gasteiger partial charge on any atom is 0.303 e. The Labute approximate surface area is 157 Å². The van der Waals surface area contributed by atoms with Crippen molar-refractivity contribution in [2.45, 2.75) is 77.7 Å². The van der Waals surface area contributed by atoms with Gasteiger partial charge >= 0.3 is 11.9 Å². The number of carbonyl (C=O) groups is 2. The van der Waals surface area contributed by atoms with E-state index in [0.717, 1.165) is 0 Å². The van der Waals surface area contributed by atoms with Gasteiger partial charge in [0, 0.05) is 26.9 Å². The molecule has 1 aliphatic rings. The predicted octanol–water partition coefficient (Wildman–Crippen LogP) is 2.88. The van der Waals surface area contributed by atoms with Gasteiger partial charge in [0.2, 0.25) is 5.79 Å². The maximum atomic E-state index is 11.6. The molecule has 0 spiro atoms. The number of ether oxygens (including phenoxy) is 4. The highest BCUT2D eigenvalue weighted by Crippen LogP contribution is 2.41. The van der Waals surface area contributed by atoms with Crippen molar-refractivity contribution in [2.75, 3.05) is 20.3 Å². The average Bonchev–Trinajstić information content (AvgIpc) is 2.75. The van der Waals surface area contributed by atoms with Gasteiger partial charge < -0.3 is 23.4 Å². The fourth-order valence-electron chi connectivity index (χ4n) is 2.64. The van der Waals surface area contributed by atoms with Gasteiger partial charge in [-0.25, -0.2) is 0 Å². The number of esters is 2. The normalized spacial score (nSPS) is 29.5. The number of hydrogen-bond acceptors (Lipinski definition) is 7. The molecule has 0 amide bonds. The first-order valence-corrected chi connectivity index (χ1v) is 11.8. The van der Waals surface area contributed by atoms with E-state index in [1.165, 1.54) is 21.0 Å². The molecule has 26 heavy (non-hydrogen) atoms. The van der Waals surface area contributed by atoms with Gasteiger partial charge in [0.05, 0.1) is 12.7 Å². The molecule has 8 heteroatoms. The van der Waals surface area contributed by atoms with Crippen LogP contribution in [0.5, 0.6) is 0 Å². The molecule has 1 saturated heterocycles. The van der Waals surface area contributed by atoms with Crippen LogP contribution < -0.4 is 0 Å². The van der Waals surface area contributed by atoms with Crippen molar-refractivity contribution in [3.05, 3.63) is 0 Å². The van der Waals surface area contributed by atoms with Gasteiger partial charge in [-0.1, -0.05) is 27.7 Å². The average molecular weight is 391 g/mol. The molecule has 0 N–H and O–H groups in total. The Kier molecular flexibility index (Phi) is 7.43. The Morgan fingerprint density at radius 3 is 2.15 bits per heavy atom. The van der Waals surface area contributed by atoms with Crippen LogP contribution in [0.1, 0.15) is 41.5 Å². The quantitative estimate of drug-likeness (QED) is 0.488. The van der Waals surface area contributed by atoms with E-state index in [-0.39, 0.29) is 23.7 Å². The van der Waals surface area contributed by atoms with Crippen LogP contribution in [-0.2, 0) is 33.0 Å². The van der Waals surface area contributed by atoms with E-state index in [1.807, 2.05) is 6.92 Å². The fourth-order valence-corrected chi connectivity index (χ4v) is 3.65. The first-order chi connectivity index (χ1) is 11.8. The van der Waals surface area contributed by atoms with E-state index in [9.17, 15) is 9.59 Å². The second-order valence-electron chi connectivity index (χ2n) is 8.41. The first-order valence-electron chi connectivity index (χ1n) is 8.93. The second-order valence-corrected chi connectivity index (χ2v) is 13.2. The van der Waals surface area contributed by atoms with Gasteiger partial charge in [0.15, 0.2) is 14.4 Å². The summed E-state index contributed by atoms with van der Waals surface area (Å²) in [6.07, 6.45) is -1.04. The van der Waals surface area contributed by atoms with Gasteiger partial charge in [-0.05, 0) is 18.1 Å². The van der Waals surface area contributed by atoms with Gasteiger partial charge in [-0.15, -0.1) is 0 Å². The summed E-state index contributed by atoms with van der Waals surface area (Å²) >= 11 is 0. The highest BCUT2D eigenvalue weighted by Gasteiger charge is 2.57. The summed E-state index contributed by atoms with van der Waals surface area (Å²) in [7, 11) is -0.515. The molecular weight excluding hydrogens is 356 g/mol. The van der Waals surface area contributed by atoms with Crippen LogP contribution in [0.15, 0.2) is 0 Å². The molecular formula is C18H34O7Si. The maximum absolute atomic E-state index is 11.6. The highest BCUT2D eigenvalue weighted by atomic mass is 28.4. The Balaban J connectivity index is 2.99. The zero-order chi connectivity index (χ0) is 20.3. The summed E-state index contributed by atoms with van der Waals surface area (Å²) in [5.74, 6) is -2.42. The van der Waals surface area contributed by atoms with Crippen LogP contribution in [-0.4, -0.2) is 58.6 Å². The summed E-state index contributed by atoms with van der Waals surface area (Å²) < 4.78 is 28.5. The molecule has 1 rings (SSSR count). The van der Waals surface area contributed by atoms with Crippen molar-refractivity contribution in [1.82, 2.24) is 0 Å². The van der Waals surface area contributed by atoms with Crippen LogP contribution in [0, 0.1) is 5.92 Å². The molecule has 0 bridgehead atoms. The monoisotopic (exact) mass is 390 g/mol. The lowest BCUT2D eigenvalue weighted by Crippen LogP contribution is -2.49. The molecule has 0 aromatic rings. The number of hydrogen-bond donors (Lipinski definition) is 0. The van der Waals surface area contributed by atoms with Crippen LogP contribution in [0.3, 0.4) is 0 Å². The molecule has 7 nitrogen and oxygen atoms in total. The fraction of sp³-hybridized carbons (Fsp3) is 0.889. The first kappa shape index (κ1) is 23.1. The standard InChI is InChI=1S/C18H34O7Si/c1-12-15(10-23-26(8,9)17(4,5)6)25-18(21-7,11-22-13(2)19)16(12)24-14(3)20/h12,15-16H,10-11H2,1-9H3/t12-,15-,16+,18?/m1/s1. The lowest BCUT2D eigenvalue weighted by Gasteiger charge is -2.37. The molecule has 0 radical (unpaired) electrons. The Morgan fingerprint density at radius 1 is 1.15 bits per heavy atom. The molecule has 1 unspecified atom stereocenters.